The molecule has 0 aliphatic heterocycles. The maximum Gasteiger partial charge on any atom is 0.273 e. The van der Waals surface area contributed by atoms with Crippen LogP contribution in [0.25, 0.3) is 0 Å². The molecule has 6 aromatic carbocycles. The number of rotatable bonds is 10. The van der Waals surface area contributed by atoms with Crippen LogP contribution in [-0.2, 0) is 39.3 Å². The highest BCUT2D eigenvalue weighted by molar-refractivity contribution is 6.30. The highest BCUT2D eigenvalue weighted by Gasteiger charge is 2.15. The third-order valence-corrected chi connectivity index (χ3v) is 9.89. The number of aryl methyl sites for hydroxylation is 4. The maximum absolute atomic E-state index is 10.5. The number of hydrogen-bond donors (Lipinski definition) is 9. The quantitative estimate of drug-likeness (QED) is 0.0456. The molecule has 0 spiro atoms. The zero-order valence-corrected chi connectivity index (χ0v) is 39.1. The molecule has 0 heterocycles. The van der Waals surface area contributed by atoms with Crippen molar-refractivity contribution in [2.45, 2.75) is 89.2 Å². The van der Waals surface area contributed by atoms with Gasteiger partial charge in [0.15, 0.2) is 23.0 Å². The van der Waals surface area contributed by atoms with Crippen molar-refractivity contribution in [2.24, 2.45) is 34.4 Å². The van der Waals surface area contributed by atoms with Gasteiger partial charge in [0.1, 0.15) is 11.5 Å². The molecule has 68 heavy (non-hydrogen) atoms. The molecular weight excluding hydrogens is 886 g/mol. The van der Waals surface area contributed by atoms with Crippen molar-refractivity contribution in [3.63, 3.8) is 0 Å². The lowest BCUT2D eigenvalue weighted by Crippen LogP contribution is -2.00. The van der Waals surface area contributed by atoms with Crippen LogP contribution >= 0.6 is 11.6 Å². The van der Waals surface area contributed by atoms with Gasteiger partial charge in [-0.05, 0) is 115 Å². The standard InChI is InChI=1S/C9H13NO.C8H10ClN.C8H10N2O4.C8H11NO2.C8H11NO.C8H11N.3CH4/c1-7-3-4-9(11-2)5-8(7)6-10;1-6-2-3-8(9)4-7(6)5-10;1-14-7-3-6(10(12)13)2-5(4-9)8(7)11;1-11-7-4-2-3-6(5-9)8(7)10;1-6-2-3-8(10)4-7(6)5-9;1-7-4-2-3-5-8(7)6-9;;;/h3-5H,6,10H2,1-2H3;2-4H,5,10H2,1H3;2-3,11H,4,9H2,1H3;2-4,10H,5,9H2,1H3;2-4,10H,5,9H2,1H3;2-5H,6,9H2,1H3;3*1H4. The molecule has 0 saturated heterocycles. The molecule has 16 heteroatoms. The van der Waals surface area contributed by atoms with Gasteiger partial charge < -0.3 is 63.9 Å². The van der Waals surface area contributed by atoms with Gasteiger partial charge >= 0.3 is 0 Å². The van der Waals surface area contributed by atoms with E-state index in [0.29, 0.717) is 44.0 Å². The molecule has 0 amide bonds. The Balaban J connectivity index is -0.000000743. The molecule has 0 aliphatic rings. The molecule has 0 atom stereocenters. The lowest BCUT2D eigenvalue weighted by atomic mass is 10.1. The Labute approximate surface area is 409 Å². The molecule has 0 radical (unpaired) electrons. The Morgan fingerprint density at radius 1 is 0.485 bits per heavy atom. The summed E-state index contributed by atoms with van der Waals surface area (Å²) in [6.07, 6.45) is 0. The van der Waals surface area contributed by atoms with Crippen LogP contribution in [0.1, 0.15) is 77.9 Å². The summed E-state index contributed by atoms with van der Waals surface area (Å²) in [6.45, 7) is 10.7. The number of ether oxygens (including phenoxy) is 3. The van der Waals surface area contributed by atoms with E-state index < -0.39 is 4.92 Å². The van der Waals surface area contributed by atoms with Crippen LogP contribution in [0.3, 0.4) is 0 Å². The van der Waals surface area contributed by atoms with Gasteiger partial charge in [0.05, 0.1) is 32.3 Å². The summed E-state index contributed by atoms with van der Waals surface area (Å²) in [7, 11) is 4.49. The van der Waals surface area contributed by atoms with Gasteiger partial charge in [0.2, 0.25) is 0 Å². The summed E-state index contributed by atoms with van der Waals surface area (Å²) in [5, 5.41) is 39.1. The fraction of sp³-hybridized carbons (Fsp3) is 0.308. The van der Waals surface area contributed by atoms with E-state index in [1.54, 1.807) is 37.4 Å². The van der Waals surface area contributed by atoms with Crippen LogP contribution in [0.4, 0.5) is 5.69 Å². The lowest BCUT2D eigenvalue weighted by molar-refractivity contribution is -0.385. The third kappa shape index (κ3) is 22.4. The molecule has 6 aromatic rings. The smallest absolute Gasteiger partial charge is 0.273 e. The summed E-state index contributed by atoms with van der Waals surface area (Å²) in [4.78, 5) is 9.91. The lowest BCUT2D eigenvalue weighted by Gasteiger charge is -2.06. The summed E-state index contributed by atoms with van der Waals surface area (Å²) in [5.41, 5.74) is 42.7. The van der Waals surface area contributed by atoms with Crippen LogP contribution in [0.15, 0.2) is 109 Å². The first-order valence-electron chi connectivity index (χ1n) is 20.3. The number of para-hydroxylation sites is 1. The highest BCUT2D eigenvalue weighted by Crippen LogP contribution is 2.34. The second kappa shape index (κ2) is 35.7. The molecule has 0 fully saturated rings. The van der Waals surface area contributed by atoms with E-state index in [2.05, 4.69) is 19.1 Å². The summed E-state index contributed by atoms with van der Waals surface area (Å²) in [6, 6.07) is 32.6. The van der Waals surface area contributed by atoms with E-state index in [1.165, 1.54) is 42.5 Å². The molecule has 0 bridgehead atoms. The van der Waals surface area contributed by atoms with Gasteiger partial charge in [-0.25, -0.2) is 0 Å². The number of benzene rings is 6. The number of aromatic hydroxyl groups is 3. The molecular formula is C52H78ClN7O8. The topological polar surface area (TPSA) is 288 Å². The molecule has 0 unspecified atom stereocenters. The third-order valence-electron chi connectivity index (χ3n) is 9.65. The van der Waals surface area contributed by atoms with E-state index in [0.717, 1.165) is 39.1 Å². The van der Waals surface area contributed by atoms with Gasteiger partial charge in [-0.15, -0.1) is 0 Å². The van der Waals surface area contributed by atoms with E-state index in [4.69, 9.17) is 65.3 Å². The summed E-state index contributed by atoms with van der Waals surface area (Å²) >= 11 is 5.74. The Morgan fingerprint density at radius 2 is 0.926 bits per heavy atom. The van der Waals surface area contributed by atoms with Crippen LogP contribution in [0, 0.1) is 37.8 Å². The number of nitro benzene ring substituents is 1. The average Bonchev–Trinajstić information content (AvgIpc) is 3.32. The first-order chi connectivity index (χ1) is 31.0. The van der Waals surface area contributed by atoms with Gasteiger partial charge in [0, 0.05) is 61.5 Å². The molecule has 0 aliphatic carbocycles. The SMILES string of the molecule is C.C.C.COc1cc([N+](=O)[O-])cc(CN)c1O.COc1ccc(C)c(CN)c1.COc1cccc(CN)c1O.Cc1ccc(Cl)cc1CN.Cc1ccc(O)cc1CN.Cc1ccccc1CN. The van der Waals surface area contributed by atoms with E-state index in [-0.39, 0.29) is 63.1 Å². The summed E-state index contributed by atoms with van der Waals surface area (Å²) in [5.74, 6) is 1.66. The average molecular weight is 965 g/mol. The van der Waals surface area contributed by atoms with Crippen LogP contribution in [0.2, 0.25) is 5.02 Å². The van der Waals surface area contributed by atoms with Gasteiger partial charge in [0.25, 0.3) is 5.69 Å². The monoisotopic (exact) mass is 964 g/mol. The van der Waals surface area contributed by atoms with Gasteiger partial charge in [-0.2, -0.15) is 0 Å². The number of hydrogen-bond acceptors (Lipinski definition) is 14. The maximum atomic E-state index is 10.5. The van der Waals surface area contributed by atoms with Crippen molar-refractivity contribution in [1.82, 2.24) is 0 Å². The summed E-state index contributed by atoms with van der Waals surface area (Å²) < 4.78 is 14.7. The van der Waals surface area contributed by atoms with Crippen molar-refractivity contribution in [3.05, 3.63) is 180 Å². The molecule has 0 aromatic heterocycles. The predicted octanol–water partition coefficient (Wildman–Crippen LogP) is 9.72. The molecule has 376 valence electrons. The number of nitrogens with two attached hydrogens (primary N) is 6. The number of non-ortho nitro benzene ring substituents is 1. The van der Waals surface area contributed by atoms with Crippen LogP contribution < -0.4 is 48.6 Å². The minimum atomic E-state index is -0.568. The Kier molecular flexibility index (Phi) is 34.6. The Morgan fingerprint density at radius 3 is 1.37 bits per heavy atom. The zero-order chi connectivity index (χ0) is 49.1. The predicted molar refractivity (Wildman–Crippen MR) is 281 cm³/mol. The van der Waals surface area contributed by atoms with E-state index in [9.17, 15) is 20.3 Å². The number of phenolic OH excluding ortho intramolecular Hbond substituents is 3. The Bertz CT molecular complexity index is 2270. The largest absolute Gasteiger partial charge is 0.508 e. The van der Waals surface area contributed by atoms with E-state index in [1.807, 2.05) is 75.4 Å². The van der Waals surface area contributed by atoms with Crippen LogP contribution in [-0.4, -0.2) is 41.6 Å². The number of halogens is 1. The van der Waals surface area contributed by atoms with Crippen molar-refractivity contribution in [2.75, 3.05) is 21.3 Å². The molecule has 15 nitrogen and oxygen atoms in total. The number of nitrogens with zero attached hydrogens (tertiary/aromatic N) is 1. The molecule has 6 rings (SSSR count). The number of phenols is 3. The number of methoxy groups -OCH3 is 3. The zero-order valence-electron chi connectivity index (χ0n) is 38.3. The van der Waals surface area contributed by atoms with Crippen molar-refractivity contribution < 1.29 is 34.5 Å². The minimum Gasteiger partial charge on any atom is -0.508 e. The van der Waals surface area contributed by atoms with Crippen LogP contribution in [0.5, 0.6) is 34.5 Å². The van der Waals surface area contributed by atoms with Crippen molar-refractivity contribution in [1.29, 1.82) is 0 Å². The van der Waals surface area contributed by atoms with Crippen molar-refractivity contribution in [3.8, 4) is 34.5 Å². The van der Waals surface area contributed by atoms with Gasteiger partial charge in [-0.3, -0.25) is 10.1 Å². The highest BCUT2D eigenvalue weighted by atomic mass is 35.5. The van der Waals surface area contributed by atoms with E-state index >= 15 is 0 Å². The minimum absolute atomic E-state index is 0. The van der Waals surface area contributed by atoms with Crippen molar-refractivity contribution >= 4 is 17.3 Å². The second-order valence-electron chi connectivity index (χ2n) is 14.0. The second-order valence-corrected chi connectivity index (χ2v) is 14.4. The first-order valence-corrected chi connectivity index (χ1v) is 20.7. The fourth-order valence-electron chi connectivity index (χ4n) is 5.53. The fourth-order valence-corrected chi connectivity index (χ4v) is 5.73. The normalized spacial score (nSPS) is 9.32. The van der Waals surface area contributed by atoms with Gasteiger partial charge in [-0.1, -0.05) is 88.5 Å². The molecule has 0 saturated carbocycles. The number of nitro groups is 1. The first kappa shape index (κ1) is 65.8. The Hall–Kier alpha value is -6.43. The molecule has 15 N–H and O–H groups in total.